The fourth-order valence-corrected chi connectivity index (χ4v) is 2.31. The third-order valence-corrected chi connectivity index (χ3v) is 3.35. The molecule has 1 rings (SSSR count). The number of hydrogen-bond donors (Lipinski definition) is 2. The number of rotatable bonds is 4. The molecule has 4 nitrogen and oxygen atoms in total. The zero-order chi connectivity index (χ0) is 13.9. The molecule has 0 aromatic carbocycles. The number of halogens is 3. The van der Waals surface area contributed by atoms with E-state index in [9.17, 15) is 18.0 Å². The van der Waals surface area contributed by atoms with E-state index in [-0.39, 0.29) is 12.5 Å². The van der Waals surface area contributed by atoms with Crippen molar-refractivity contribution in [2.75, 3.05) is 20.1 Å². The van der Waals surface area contributed by atoms with E-state index in [0.717, 1.165) is 0 Å². The summed E-state index contributed by atoms with van der Waals surface area (Å²) < 4.78 is 38.2. The fraction of sp³-hybridized carbons (Fsp3) is 0.800. The molecule has 1 amide bonds. The summed E-state index contributed by atoms with van der Waals surface area (Å²) in [6.07, 6.45) is -3.22. The van der Waals surface area contributed by atoms with Gasteiger partial charge in [-0.05, 0) is 19.4 Å². The maximum absolute atomic E-state index is 12.7. The summed E-state index contributed by atoms with van der Waals surface area (Å²) in [5.41, 5.74) is 5.14. The van der Waals surface area contributed by atoms with Crippen LogP contribution >= 0.6 is 12.2 Å². The van der Waals surface area contributed by atoms with E-state index >= 15 is 0 Å². The van der Waals surface area contributed by atoms with Gasteiger partial charge in [0.25, 0.3) is 0 Å². The van der Waals surface area contributed by atoms with Crippen LogP contribution in [0.2, 0.25) is 0 Å². The van der Waals surface area contributed by atoms with Crippen molar-refractivity contribution in [3.63, 3.8) is 0 Å². The predicted octanol–water partition coefficient (Wildman–Crippen LogP) is 0.661. The highest BCUT2D eigenvalue weighted by atomic mass is 32.1. The molecular weight excluding hydrogens is 267 g/mol. The van der Waals surface area contributed by atoms with Crippen LogP contribution in [0.15, 0.2) is 0 Å². The molecule has 0 radical (unpaired) electrons. The van der Waals surface area contributed by atoms with Gasteiger partial charge in [-0.3, -0.25) is 9.69 Å². The van der Waals surface area contributed by atoms with Crippen LogP contribution in [0.1, 0.15) is 12.8 Å². The van der Waals surface area contributed by atoms with E-state index < -0.39 is 23.1 Å². The van der Waals surface area contributed by atoms with Gasteiger partial charge in [0.15, 0.2) is 0 Å². The number of carbonyl (C=O) groups is 1. The van der Waals surface area contributed by atoms with Gasteiger partial charge in [-0.15, -0.1) is 0 Å². The number of hydrogen-bond acceptors (Lipinski definition) is 3. The SMILES string of the molecule is CNC(=O)C1CCCN1CC(C(N)=S)C(F)(F)F. The van der Waals surface area contributed by atoms with Crippen LogP contribution in [0.5, 0.6) is 0 Å². The maximum Gasteiger partial charge on any atom is 0.399 e. The molecule has 1 heterocycles. The maximum atomic E-state index is 12.7. The Balaban J connectivity index is 2.75. The van der Waals surface area contributed by atoms with Gasteiger partial charge in [0, 0.05) is 13.6 Å². The van der Waals surface area contributed by atoms with Crippen LogP contribution in [0.25, 0.3) is 0 Å². The first-order chi connectivity index (χ1) is 8.27. The predicted molar refractivity (Wildman–Crippen MR) is 65.0 cm³/mol. The van der Waals surface area contributed by atoms with Crippen LogP contribution in [0.4, 0.5) is 13.2 Å². The lowest BCUT2D eigenvalue weighted by Crippen LogP contribution is -2.48. The number of nitrogens with two attached hydrogens (primary N) is 1. The smallest absolute Gasteiger partial charge is 0.393 e. The molecule has 2 atom stereocenters. The van der Waals surface area contributed by atoms with Crippen LogP contribution in [-0.2, 0) is 4.79 Å². The Morgan fingerprint density at radius 1 is 1.61 bits per heavy atom. The number of likely N-dealkylation sites (tertiary alicyclic amines) is 1. The van der Waals surface area contributed by atoms with Crippen molar-refractivity contribution in [2.45, 2.75) is 25.1 Å². The van der Waals surface area contributed by atoms with E-state index in [1.54, 1.807) is 0 Å². The summed E-state index contributed by atoms with van der Waals surface area (Å²) in [5, 5.41) is 2.45. The molecule has 104 valence electrons. The van der Waals surface area contributed by atoms with Crippen molar-refractivity contribution in [1.82, 2.24) is 10.2 Å². The highest BCUT2D eigenvalue weighted by Gasteiger charge is 2.44. The van der Waals surface area contributed by atoms with Gasteiger partial charge < -0.3 is 11.1 Å². The average Bonchev–Trinajstić information content (AvgIpc) is 2.70. The van der Waals surface area contributed by atoms with E-state index in [0.29, 0.717) is 19.4 Å². The van der Waals surface area contributed by atoms with E-state index in [4.69, 9.17) is 5.73 Å². The second kappa shape index (κ2) is 5.83. The number of alkyl halides is 3. The summed E-state index contributed by atoms with van der Waals surface area (Å²) >= 11 is 4.46. The molecule has 2 unspecified atom stereocenters. The monoisotopic (exact) mass is 283 g/mol. The van der Waals surface area contributed by atoms with Gasteiger partial charge in [-0.1, -0.05) is 12.2 Å². The molecule has 18 heavy (non-hydrogen) atoms. The van der Waals surface area contributed by atoms with Gasteiger partial charge >= 0.3 is 6.18 Å². The van der Waals surface area contributed by atoms with E-state index in [1.807, 2.05) is 0 Å². The summed E-state index contributed by atoms with van der Waals surface area (Å²) in [5.74, 6) is -2.13. The molecule has 8 heteroatoms. The first-order valence-corrected chi connectivity index (χ1v) is 6.00. The number of carbonyl (C=O) groups excluding carboxylic acids is 1. The molecule has 3 N–H and O–H groups in total. The molecule has 0 saturated carbocycles. The van der Waals surface area contributed by atoms with Gasteiger partial charge in [-0.2, -0.15) is 13.2 Å². The van der Waals surface area contributed by atoms with Gasteiger partial charge in [0.1, 0.15) is 5.92 Å². The van der Waals surface area contributed by atoms with Crippen molar-refractivity contribution in [2.24, 2.45) is 11.7 Å². The Morgan fingerprint density at radius 3 is 2.67 bits per heavy atom. The molecule has 1 fully saturated rings. The lowest BCUT2D eigenvalue weighted by molar-refractivity contribution is -0.160. The van der Waals surface area contributed by atoms with Gasteiger partial charge in [0.2, 0.25) is 5.91 Å². The van der Waals surface area contributed by atoms with Gasteiger partial charge in [0.05, 0.1) is 11.0 Å². The second-order valence-corrected chi connectivity index (χ2v) is 4.74. The molecule has 0 aromatic heterocycles. The van der Waals surface area contributed by atoms with Crippen LogP contribution < -0.4 is 11.1 Å². The third-order valence-electron chi connectivity index (χ3n) is 3.07. The van der Waals surface area contributed by atoms with Crippen molar-refractivity contribution < 1.29 is 18.0 Å². The number of nitrogens with one attached hydrogen (secondary N) is 1. The molecule has 0 spiro atoms. The number of amides is 1. The minimum absolute atomic E-state index is 0.267. The quantitative estimate of drug-likeness (QED) is 0.744. The summed E-state index contributed by atoms with van der Waals surface area (Å²) in [7, 11) is 1.47. The van der Waals surface area contributed by atoms with E-state index in [1.165, 1.54) is 11.9 Å². The Kier molecular flexibility index (Phi) is 4.92. The summed E-state index contributed by atoms with van der Waals surface area (Å²) in [6, 6.07) is -0.519. The molecular formula is C10H16F3N3OS. The Hall–Kier alpha value is -0.890. The first kappa shape index (κ1) is 15.2. The average molecular weight is 283 g/mol. The molecule has 1 aliphatic heterocycles. The Morgan fingerprint density at radius 2 is 2.22 bits per heavy atom. The Labute approximate surface area is 109 Å². The Bertz CT molecular complexity index is 335. The molecule has 1 saturated heterocycles. The number of likely N-dealkylation sites (N-methyl/N-ethyl adjacent to an activating group) is 1. The summed E-state index contributed by atoms with van der Waals surface area (Å²) in [4.78, 5) is 12.4. The molecule has 0 aromatic rings. The largest absolute Gasteiger partial charge is 0.399 e. The minimum atomic E-state index is -4.47. The first-order valence-electron chi connectivity index (χ1n) is 5.59. The second-order valence-electron chi connectivity index (χ2n) is 4.26. The summed E-state index contributed by atoms with van der Waals surface area (Å²) in [6.45, 7) is 0.101. The van der Waals surface area contributed by atoms with Crippen LogP contribution in [0.3, 0.4) is 0 Å². The minimum Gasteiger partial charge on any atom is -0.393 e. The van der Waals surface area contributed by atoms with Crippen molar-refractivity contribution >= 4 is 23.1 Å². The molecule has 0 bridgehead atoms. The number of nitrogens with zero attached hydrogens (tertiary/aromatic N) is 1. The normalized spacial score (nSPS) is 22.8. The third kappa shape index (κ3) is 3.55. The highest BCUT2D eigenvalue weighted by molar-refractivity contribution is 7.80. The fourth-order valence-electron chi connectivity index (χ4n) is 2.10. The zero-order valence-electron chi connectivity index (χ0n) is 9.96. The lowest BCUT2D eigenvalue weighted by atomic mass is 10.1. The topological polar surface area (TPSA) is 58.4 Å². The van der Waals surface area contributed by atoms with Crippen LogP contribution in [0, 0.1) is 5.92 Å². The zero-order valence-corrected chi connectivity index (χ0v) is 10.8. The molecule has 0 aliphatic carbocycles. The van der Waals surface area contributed by atoms with Crippen molar-refractivity contribution in [3.8, 4) is 0 Å². The van der Waals surface area contributed by atoms with Crippen molar-refractivity contribution in [3.05, 3.63) is 0 Å². The highest BCUT2D eigenvalue weighted by Crippen LogP contribution is 2.29. The number of thiocarbonyl (C=S) groups is 1. The standard InChI is InChI=1S/C10H16F3N3OS/c1-15-9(17)7-3-2-4-16(7)5-6(8(14)18)10(11,12)13/h6-7H,2-5H2,1H3,(H2,14,18)(H,15,17). The van der Waals surface area contributed by atoms with Gasteiger partial charge in [-0.25, -0.2) is 0 Å². The van der Waals surface area contributed by atoms with E-state index in [2.05, 4.69) is 17.5 Å². The van der Waals surface area contributed by atoms with Crippen LogP contribution in [-0.4, -0.2) is 48.2 Å². The lowest BCUT2D eigenvalue weighted by Gasteiger charge is -2.28. The van der Waals surface area contributed by atoms with Crippen molar-refractivity contribution in [1.29, 1.82) is 0 Å². The molecule has 1 aliphatic rings.